The van der Waals surface area contributed by atoms with Gasteiger partial charge < -0.3 is 10.8 Å². The first kappa shape index (κ1) is 14.3. The maximum Gasteiger partial charge on any atom is 0.358 e. The molecule has 0 bridgehead atoms. The van der Waals surface area contributed by atoms with E-state index in [1.54, 1.807) is 0 Å². The van der Waals surface area contributed by atoms with Gasteiger partial charge in [0.05, 0.1) is 12.7 Å². The van der Waals surface area contributed by atoms with Crippen LogP contribution in [0.3, 0.4) is 0 Å². The van der Waals surface area contributed by atoms with Gasteiger partial charge in [-0.25, -0.2) is 4.79 Å². The van der Waals surface area contributed by atoms with Crippen LogP contribution in [0.25, 0.3) is 0 Å². The van der Waals surface area contributed by atoms with E-state index in [2.05, 4.69) is 20.5 Å². The number of aromatic carboxylic acids is 1. The Hall–Kier alpha value is -2.10. The lowest BCUT2D eigenvalue weighted by Gasteiger charge is -2.10. The van der Waals surface area contributed by atoms with Gasteiger partial charge in [0.2, 0.25) is 5.95 Å². The molecule has 2 aromatic rings. The number of nitrogens with zero attached hydrogens (tertiary/aromatic N) is 6. The van der Waals surface area contributed by atoms with Crippen molar-refractivity contribution in [3.05, 3.63) is 11.9 Å². The quantitative estimate of drug-likeness (QED) is 0.739. The predicted octanol–water partition coefficient (Wildman–Crippen LogP) is 0.523. The lowest BCUT2D eigenvalue weighted by atomic mass is 10.4. The molecule has 2 heterocycles. The molecule has 108 valence electrons. The molecule has 2 aromatic heterocycles. The molecule has 0 saturated heterocycles. The number of carboxylic acids is 1. The molecule has 0 unspecified atom stereocenters. The maximum atomic E-state index is 10.7. The number of nitrogens with two attached hydrogens (primary N) is 1. The second kappa shape index (κ2) is 5.90. The minimum absolute atomic E-state index is 0.0652. The van der Waals surface area contributed by atoms with E-state index in [1.807, 2.05) is 18.4 Å². The Bertz CT molecular complexity index is 607. The summed E-state index contributed by atoms with van der Waals surface area (Å²) >= 11 is 1.48. The Morgan fingerprint density at radius 2 is 2.20 bits per heavy atom. The van der Waals surface area contributed by atoms with E-state index >= 15 is 0 Å². The van der Waals surface area contributed by atoms with Gasteiger partial charge in [0.25, 0.3) is 0 Å². The van der Waals surface area contributed by atoms with Gasteiger partial charge in [-0.2, -0.15) is 0 Å². The first-order chi connectivity index (χ1) is 9.49. The van der Waals surface area contributed by atoms with E-state index in [0.717, 1.165) is 5.16 Å². The van der Waals surface area contributed by atoms with Crippen molar-refractivity contribution in [2.75, 3.05) is 11.5 Å². The fourth-order valence-electron chi connectivity index (χ4n) is 1.61. The zero-order valence-electron chi connectivity index (χ0n) is 11.1. The molecule has 0 saturated carbocycles. The number of carboxylic acid groups (broad SMARTS) is 1. The third-order valence-corrected chi connectivity index (χ3v) is 3.44. The molecule has 0 atom stereocenters. The highest BCUT2D eigenvalue weighted by Gasteiger charge is 2.13. The summed E-state index contributed by atoms with van der Waals surface area (Å²) in [4.78, 5) is 10.7. The molecule has 0 spiro atoms. The number of nitrogen functional groups attached to an aromatic ring is 1. The average molecular weight is 297 g/mol. The number of rotatable bonds is 6. The van der Waals surface area contributed by atoms with Crippen molar-refractivity contribution in [1.29, 1.82) is 0 Å². The molecule has 0 aliphatic carbocycles. The Morgan fingerprint density at radius 3 is 2.80 bits per heavy atom. The zero-order valence-corrected chi connectivity index (χ0v) is 11.9. The van der Waals surface area contributed by atoms with E-state index in [0.29, 0.717) is 18.2 Å². The SMILES string of the molecule is CC(C)n1c(N)nnc1SCCn1cc(C(=O)O)nn1. The zero-order chi connectivity index (χ0) is 14.7. The van der Waals surface area contributed by atoms with Gasteiger partial charge in [-0.3, -0.25) is 9.25 Å². The summed E-state index contributed by atoms with van der Waals surface area (Å²) in [6.45, 7) is 4.52. The van der Waals surface area contributed by atoms with E-state index in [1.165, 1.54) is 22.6 Å². The molecule has 3 N–H and O–H groups in total. The minimum atomic E-state index is -1.09. The van der Waals surface area contributed by atoms with Crippen molar-refractivity contribution < 1.29 is 9.90 Å². The van der Waals surface area contributed by atoms with Crippen LogP contribution in [-0.4, -0.2) is 46.6 Å². The van der Waals surface area contributed by atoms with Crippen LogP contribution in [0, 0.1) is 0 Å². The van der Waals surface area contributed by atoms with Crippen LogP contribution in [-0.2, 0) is 6.54 Å². The number of thioether (sulfide) groups is 1. The summed E-state index contributed by atoms with van der Waals surface area (Å²) < 4.78 is 3.32. The third kappa shape index (κ3) is 3.07. The van der Waals surface area contributed by atoms with E-state index in [4.69, 9.17) is 10.8 Å². The first-order valence-electron chi connectivity index (χ1n) is 5.95. The van der Waals surface area contributed by atoms with Crippen LogP contribution in [0.5, 0.6) is 0 Å². The van der Waals surface area contributed by atoms with Gasteiger partial charge in [0.15, 0.2) is 10.9 Å². The second-order valence-electron chi connectivity index (χ2n) is 4.32. The van der Waals surface area contributed by atoms with E-state index in [-0.39, 0.29) is 11.7 Å². The third-order valence-electron chi connectivity index (χ3n) is 2.52. The average Bonchev–Trinajstić information content (AvgIpc) is 2.96. The number of hydrogen-bond donors (Lipinski definition) is 2. The first-order valence-corrected chi connectivity index (χ1v) is 6.94. The smallest absolute Gasteiger partial charge is 0.358 e. The molecule has 0 amide bonds. The Labute approximate surface area is 119 Å². The molecular formula is C10H15N7O2S. The van der Waals surface area contributed by atoms with Gasteiger partial charge in [0, 0.05) is 11.8 Å². The van der Waals surface area contributed by atoms with Crippen LogP contribution in [0.4, 0.5) is 5.95 Å². The number of carbonyl (C=O) groups is 1. The standard InChI is InChI=1S/C10H15N7O2S/c1-6(2)17-9(11)13-14-10(17)20-4-3-16-5-7(8(18)19)12-15-16/h5-6H,3-4H2,1-2H3,(H2,11,13)(H,18,19). The van der Waals surface area contributed by atoms with Crippen molar-refractivity contribution in [1.82, 2.24) is 29.8 Å². The van der Waals surface area contributed by atoms with Crippen LogP contribution in [0.1, 0.15) is 30.4 Å². The Morgan fingerprint density at radius 1 is 1.45 bits per heavy atom. The molecule has 0 radical (unpaired) electrons. The van der Waals surface area contributed by atoms with Crippen LogP contribution in [0.15, 0.2) is 11.4 Å². The molecule has 0 aliphatic rings. The highest BCUT2D eigenvalue weighted by molar-refractivity contribution is 7.99. The van der Waals surface area contributed by atoms with Crippen LogP contribution in [0.2, 0.25) is 0 Å². The monoisotopic (exact) mass is 297 g/mol. The largest absolute Gasteiger partial charge is 0.476 e. The van der Waals surface area contributed by atoms with Crippen LogP contribution < -0.4 is 5.73 Å². The van der Waals surface area contributed by atoms with Crippen molar-refractivity contribution in [2.45, 2.75) is 31.6 Å². The van der Waals surface area contributed by atoms with Crippen molar-refractivity contribution in [3.63, 3.8) is 0 Å². The maximum absolute atomic E-state index is 10.7. The molecule has 10 heteroatoms. The van der Waals surface area contributed by atoms with Gasteiger partial charge >= 0.3 is 5.97 Å². The van der Waals surface area contributed by atoms with Gasteiger partial charge in [-0.1, -0.05) is 17.0 Å². The molecule has 9 nitrogen and oxygen atoms in total. The van der Waals surface area contributed by atoms with Crippen molar-refractivity contribution in [3.8, 4) is 0 Å². The summed E-state index contributed by atoms with van der Waals surface area (Å²) in [5, 5.41) is 24.6. The highest BCUT2D eigenvalue weighted by Crippen LogP contribution is 2.22. The molecule has 0 fully saturated rings. The second-order valence-corrected chi connectivity index (χ2v) is 5.39. The summed E-state index contributed by atoms with van der Waals surface area (Å²) in [5.41, 5.74) is 5.68. The predicted molar refractivity (Wildman–Crippen MR) is 72.5 cm³/mol. The lowest BCUT2D eigenvalue weighted by Crippen LogP contribution is -2.08. The van der Waals surface area contributed by atoms with E-state index < -0.39 is 5.97 Å². The van der Waals surface area contributed by atoms with Crippen molar-refractivity contribution in [2.24, 2.45) is 0 Å². The van der Waals surface area contributed by atoms with Gasteiger partial charge in [-0.15, -0.1) is 15.3 Å². The Kier molecular flexibility index (Phi) is 4.23. The van der Waals surface area contributed by atoms with Gasteiger partial charge in [0.1, 0.15) is 0 Å². The number of anilines is 1. The number of aryl methyl sites for hydroxylation is 1. The van der Waals surface area contributed by atoms with Crippen molar-refractivity contribution >= 4 is 23.7 Å². The summed E-state index contributed by atoms with van der Waals surface area (Å²) in [6.07, 6.45) is 1.39. The fourth-order valence-corrected chi connectivity index (χ4v) is 2.61. The molecule has 0 aliphatic heterocycles. The highest BCUT2D eigenvalue weighted by atomic mass is 32.2. The van der Waals surface area contributed by atoms with Crippen LogP contribution >= 0.6 is 11.8 Å². The molecular weight excluding hydrogens is 282 g/mol. The normalized spacial score (nSPS) is 11.2. The topological polar surface area (TPSA) is 125 Å². The fraction of sp³-hybridized carbons (Fsp3) is 0.500. The number of aromatic nitrogens is 6. The molecule has 2 rings (SSSR count). The molecule has 20 heavy (non-hydrogen) atoms. The summed E-state index contributed by atoms with van der Waals surface area (Å²) in [5.74, 6) is -0.0413. The van der Waals surface area contributed by atoms with E-state index in [9.17, 15) is 4.79 Å². The molecule has 0 aromatic carbocycles. The number of hydrogen-bond acceptors (Lipinski definition) is 7. The van der Waals surface area contributed by atoms with Gasteiger partial charge in [-0.05, 0) is 13.8 Å². The summed E-state index contributed by atoms with van der Waals surface area (Å²) in [7, 11) is 0. The lowest BCUT2D eigenvalue weighted by molar-refractivity contribution is 0.0690. The summed E-state index contributed by atoms with van der Waals surface area (Å²) in [6, 6.07) is 0.178. The minimum Gasteiger partial charge on any atom is -0.476 e. The Balaban J connectivity index is 1.94.